The van der Waals surface area contributed by atoms with E-state index in [-0.39, 0.29) is 24.8 Å². The van der Waals surface area contributed by atoms with E-state index in [1.165, 1.54) is 6.20 Å². The van der Waals surface area contributed by atoms with Crippen molar-refractivity contribution in [2.45, 2.75) is 24.6 Å². The zero-order valence-corrected chi connectivity index (χ0v) is 14.1. The summed E-state index contributed by atoms with van der Waals surface area (Å²) in [6, 6.07) is -0.438. The predicted octanol–water partition coefficient (Wildman–Crippen LogP) is -1.14. The van der Waals surface area contributed by atoms with Crippen molar-refractivity contribution in [1.82, 2.24) is 20.4 Å². The Kier molecular flexibility index (Phi) is 4.59. The fraction of sp³-hybridized carbons (Fsp3) is 0.643. The molecule has 2 N–H and O–H groups in total. The fourth-order valence-electron chi connectivity index (χ4n) is 2.84. The number of aromatic amines is 1. The van der Waals surface area contributed by atoms with Gasteiger partial charge in [0.25, 0.3) is 5.91 Å². The highest BCUT2D eigenvalue weighted by molar-refractivity contribution is 7.94. The molecule has 0 saturated carbocycles. The topological polar surface area (TPSA) is 121 Å². The molecule has 0 aromatic carbocycles. The van der Waals surface area contributed by atoms with Crippen LogP contribution >= 0.6 is 0 Å². The molecule has 2 unspecified atom stereocenters. The number of rotatable bonds is 3. The molecule has 2 saturated heterocycles. The minimum atomic E-state index is -3.30. The Balaban J connectivity index is 1.66. The van der Waals surface area contributed by atoms with Gasteiger partial charge in [0.2, 0.25) is 5.91 Å². The molecule has 9 nitrogen and oxygen atoms in total. The highest BCUT2D eigenvalue weighted by Crippen LogP contribution is 2.21. The van der Waals surface area contributed by atoms with Gasteiger partial charge in [0.15, 0.2) is 9.84 Å². The average Bonchev–Trinajstić information content (AvgIpc) is 2.80. The Morgan fingerprint density at radius 1 is 1.46 bits per heavy atom. The van der Waals surface area contributed by atoms with Gasteiger partial charge in [-0.2, -0.15) is 5.10 Å². The van der Waals surface area contributed by atoms with Crippen molar-refractivity contribution in [1.29, 1.82) is 0 Å². The maximum Gasteiger partial charge on any atom is 0.257 e. The van der Waals surface area contributed by atoms with Crippen LogP contribution in [0.15, 0.2) is 6.20 Å². The molecule has 3 heterocycles. The average molecular weight is 356 g/mol. The Morgan fingerprint density at radius 2 is 2.25 bits per heavy atom. The van der Waals surface area contributed by atoms with Crippen molar-refractivity contribution in [3.63, 3.8) is 0 Å². The number of hydrogen-bond acceptors (Lipinski definition) is 6. The SMILES string of the molecule is Cc1[nH]ncc1C(=O)N1CCOCC(NC(=O)C2CCS2(=O)=O)C1. The summed E-state index contributed by atoms with van der Waals surface area (Å²) in [5, 5.41) is 8.30. The van der Waals surface area contributed by atoms with Gasteiger partial charge in [-0.25, -0.2) is 8.42 Å². The van der Waals surface area contributed by atoms with Gasteiger partial charge in [0, 0.05) is 18.8 Å². The molecule has 10 heteroatoms. The number of aryl methyl sites for hydroxylation is 1. The first kappa shape index (κ1) is 16.9. The van der Waals surface area contributed by atoms with Crippen LogP contribution in [0.2, 0.25) is 0 Å². The minimum Gasteiger partial charge on any atom is -0.377 e. The highest BCUT2D eigenvalue weighted by Gasteiger charge is 2.42. The van der Waals surface area contributed by atoms with E-state index >= 15 is 0 Å². The van der Waals surface area contributed by atoms with Gasteiger partial charge in [0.1, 0.15) is 5.25 Å². The monoisotopic (exact) mass is 356 g/mol. The maximum absolute atomic E-state index is 12.6. The van der Waals surface area contributed by atoms with Crippen LogP contribution in [0.4, 0.5) is 0 Å². The van der Waals surface area contributed by atoms with Gasteiger partial charge >= 0.3 is 0 Å². The lowest BCUT2D eigenvalue weighted by Gasteiger charge is -2.28. The van der Waals surface area contributed by atoms with Gasteiger partial charge in [0.05, 0.1) is 36.8 Å². The van der Waals surface area contributed by atoms with Crippen LogP contribution in [-0.4, -0.2) is 78.7 Å². The van der Waals surface area contributed by atoms with Crippen molar-refractivity contribution in [3.05, 3.63) is 17.5 Å². The van der Waals surface area contributed by atoms with Crippen molar-refractivity contribution in [3.8, 4) is 0 Å². The fourth-order valence-corrected chi connectivity index (χ4v) is 4.09. The number of nitrogens with zero attached hydrogens (tertiary/aromatic N) is 2. The summed E-state index contributed by atoms with van der Waals surface area (Å²) in [7, 11) is -3.30. The Morgan fingerprint density at radius 3 is 2.83 bits per heavy atom. The van der Waals surface area contributed by atoms with E-state index in [1.807, 2.05) is 0 Å². The second kappa shape index (κ2) is 6.52. The lowest BCUT2D eigenvalue weighted by molar-refractivity contribution is -0.122. The van der Waals surface area contributed by atoms with E-state index in [0.29, 0.717) is 30.8 Å². The molecular weight excluding hydrogens is 336 g/mol. The summed E-state index contributed by atoms with van der Waals surface area (Å²) in [4.78, 5) is 26.3. The predicted molar refractivity (Wildman–Crippen MR) is 84.2 cm³/mol. The van der Waals surface area contributed by atoms with Crippen LogP contribution in [0.25, 0.3) is 0 Å². The normalized spacial score (nSPS) is 26.3. The quantitative estimate of drug-likeness (QED) is 0.706. The number of carbonyl (C=O) groups excluding carboxylic acids is 2. The summed E-state index contributed by atoms with van der Waals surface area (Å²) in [6.07, 6.45) is 1.82. The first-order valence-electron chi connectivity index (χ1n) is 7.77. The van der Waals surface area contributed by atoms with Crippen LogP contribution in [0, 0.1) is 6.92 Å². The molecule has 2 atom stereocenters. The molecule has 1 aromatic heterocycles. The third kappa shape index (κ3) is 3.29. The lowest BCUT2D eigenvalue weighted by Crippen LogP contribution is -2.54. The smallest absolute Gasteiger partial charge is 0.257 e. The van der Waals surface area contributed by atoms with Crippen LogP contribution in [0.3, 0.4) is 0 Å². The molecule has 0 spiro atoms. The molecule has 2 aliphatic heterocycles. The number of H-pyrrole nitrogens is 1. The van der Waals surface area contributed by atoms with E-state index in [0.717, 1.165) is 0 Å². The molecular formula is C14H20N4O5S. The number of aromatic nitrogens is 2. The zero-order chi connectivity index (χ0) is 17.3. The van der Waals surface area contributed by atoms with Gasteiger partial charge in [-0.15, -0.1) is 0 Å². The molecule has 3 rings (SSSR count). The Labute approximate surface area is 139 Å². The standard InChI is InChI=1S/C14H20N4O5S/c1-9-11(6-15-17-9)14(20)18-3-4-23-8-10(7-18)16-13(19)12-2-5-24(12,21)22/h6,10,12H,2-5,7-8H2,1H3,(H,15,17)(H,16,19). The molecule has 0 radical (unpaired) electrons. The van der Waals surface area contributed by atoms with E-state index in [4.69, 9.17) is 4.74 Å². The summed E-state index contributed by atoms with van der Waals surface area (Å²) in [5.41, 5.74) is 1.15. The van der Waals surface area contributed by atoms with Crippen molar-refractivity contribution >= 4 is 21.7 Å². The molecule has 0 aliphatic carbocycles. The number of amides is 2. The van der Waals surface area contributed by atoms with E-state index in [9.17, 15) is 18.0 Å². The van der Waals surface area contributed by atoms with Gasteiger partial charge < -0.3 is 15.0 Å². The second-order valence-corrected chi connectivity index (χ2v) is 8.39. The van der Waals surface area contributed by atoms with Crippen molar-refractivity contribution in [2.75, 3.05) is 32.1 Å². The lowest BCUT2D eigenvalue weighted by atomic mass is 10.2. The zero-order valence-electron chi connectivity index (χ0n) is 13.3. The van der Waals surface area contributed by atoms with Crippen LogP contribution < -0.4 is 5.32 Å². The number of nitrogens with one attached hydrogen (secondary N) is 2. The number of sulfone groups is 1. The van der Waals surface area contributed by atoms with Crippen LogP contribution in [0.1, 0.15) is 22.5 Å². The molecule has 1 aromatic rings. The molecule has 2 aliphatic rings. The molecule has 132 valence electrons. The Hall–Kier alpha value is -1.94. The summed E-state index contributed by atoms with van der Waals surface area (Å²) < 4.78 is 28.6. The summed E-state index contributed by atoms with van der Waals surface area (Å²) >= 11 is 0. The largest absolute Gasteiger partial charge is 0.377 e. The molecule has 2 fully saturated rings. The van der Waals surface area contributed by atoms with Crippen LogP contribution in [0.5, 0.6) is 0 Å². The first-order valence-corrected chi connectivity index (χ1v) is 9.49. The van der Waals surface area contributed by atoms with Gasteiger partial charge in [-0.3, -0.25) is 14.7 Å². The van der Waals surface area contributed by atoms with Crippen molar-refractivity contribution in [2.24, 2.45) is 0 Å². The van der Waals surface area contributed by atoms with E-state index in [2.05, 4.69) is 15.5 Å². The third-order valence-electron chi connectivity index (χ3n) is 4.35. The van der Waals surface area contributed by atoms with Crippen LogP contribution in [-0.2, 0) is 19.4 Å². The van der Waals surface area contributed by atoms with Crippen molar-refractivity contribution < 1.29 is 22.7 Å². The van der Waals surface area contributed by atoms with E-state index in [1.54, 1.807) is 11.8 Å². The summed E-state index contributed by atoms with van der Waals surface area (Å²) in [5.74, 6) is -0.651. The molecule has 2 amide bonds. The van der Waals surface area contributed by atoms with E-state index < -0.39 is 27.0 Å². The highest BCUT2D eigenvalue weighted by atomic mass is 32.2. The number of carbonyl (C=O) groups is 2. The second-order valence-electron chi connectivity index (χ2n) is 6.08. The number of hydrogen-bond donors (Lipinski definition) is 2. The first-order chi connectivity index (χ1) is 11.4. The maximum atomic E-state index is 12.6. The minimum absolute atomic E-state index is 0.0522. The van der Waals surface area contributed by atoms with Gasteiger partial charge in [-0.1, -0.05) is 0 Å². The summed E-state index contributed by atoms with van der Waals surface area (Å²) in [6.45, 7) is 3.03. The van der Waals surface area contributed by atoms with Gasteiger partial charge in [-0.05, 0) is 13.3 Å². The molecule has 0 bridgehead atoms. The Bertz CT molecular complexity index is 744. The number of ether oxygens (including phenoxy) is 1. The molecule has 24 heavy (non-hydrogen) atoms. The third-order valence-corrected chi connectivity index (χ3v) is 6.47.